The predicted molar refractivity (Wildman–Crippen MR) is 80.5 cm³/mol. The summed E-state index contributed by atoms with van der Waals surface area (Å²) in [6, 6.07) is 13.2. The molecular formula is C15H15BrN2O. The molecule has 98 valence electrons. The van der Waals surface area contributed by atoms with Gasteiger partial charge in [-0.1, -0.05) is 24.3 Å². The number of amides is 1. The van der Waals surface area contributed by atoms with Gasteiger partial charge in [0.05, 0.1) is 0 Å². The third kappa shape index (κ3) is 3.01. The number of hydrogen-bond acceptors (Lipinski definition) is 2. The molecule has 4 heteroatoms. The molecule has 1 heterocycles. The second kappa shape index (κ2) is 5.97. The summed E-state index contributed by atoms with van der Waals surface area (Å²) in [6.45, 7) is 4.57. The molecule has 0 spiro atoms. The zero-order chi connectivity index (χ0) is 13.8. The maximum Gasteiger partial charge on any atom is 0.276 e. The summed E-state index contributed by atoms with van der Waals surface area (Å²) in [6.07, 6.45) is 0. The van der Waals surface area contributed by atoms with Crippen molar-refractivity contribution < 1.29 is 4.79 Å². The van der Waals surface area contributed by atoms with E-state index >= 15 is 0 Å². The summed E-state index contributed by atoms with van der Waals surface area (Å²) in [7, 11) is 0. The fourth-order valence-corrected chi connectivity index (χ4v) is 2.30. The predicted octanol–water partition coefficient (Wildman–Crippen LogP) is 3.82. The second-order valence-electron chi connectivity index (χ2n) is 4.18. The van der Waals surface area contributed by atoms with E-state index in [4.69, 9.17) is 0 Å². The monoisotopic (exact) mass is 318 g/mol. The van der Waals surface area contributed by atoms with Crippen LogP contribution in [0.25, 0.3) is 0 Å². The zero-order valence-electron chi connectivity index (χ0n) is 10.9. The van der Waals surface area contributed by atoms with Gasteiger partial charge in [0, 0.05) is 12.2 Å². The van der Waals surface area contributed by atoms with E-state index in [2.05, 4.69) is 20.9 Å². The molecule has 0 fully saturated rings. The number of carbonyl (C=O) groups is 1. The van der Waals surface area contributed by atoms with Crippen molar-refractivity contribution in [3.63, 3.8) is 0 Å². The average Bonchev–Trinajstić information content (AvgIpc) is 2.41. The van der Waals surface area contributed by atoms with E-state index in [-0.39, 0.29) is 5.91 Å². The first-order valence-corrected chi connectivity index (χ1v) is 6.93. The Morgan fingerprint density at radius 1 is 1.21 bits per heavy atom. The van der Waals surface area contributed by atoms with Gasteiger partial charge in [0.25, 0.3) is 5.91 Å². The van der Waals surface area contributed by atoms with Crippen LogP contribution in [0.5, 0.6) is 0 Å². The van der Waals surface area contributed by atoms with Gasteiger partial charge in [-0.3, -0.25) is 4.79 Å². The fourth-order valence-electron chi connectivity index (χ4n) is 1.96. The number of para-hydroxylation sites is 1. The van der Waals surface area contributed by atoms with Gasteiger partial charge in [0.15, 0.2) is 0 Å². The number of carbonyl (C=O) groups excluding carboxylic acids is 1. The van der Waals surface area contributed by atoms with Crippen molar-refractivity contribution in [1.29, 1.82) is 0 Å². The molecule has 0 aliphatic carbocycles. The molecule has 3 nitrogen and oxygen atoms in total. The van der Waals surface area contributed by atoms with Crippen LogP contribution in [0.4, 0.5) is 5.69 Å². The molecule has 1 aromatic heterocycles. The highest BCUT2D eigenvalue weighted by Crippen LogP contribution is 2.21. The Morgan fingerprint density at radius 2 is 1.95 bits per heavy atom. The van der Waals surface area contributed by atoms with Crippen LogP contribution in [0.1, 0.15) is 23.0 Å². The quantitative estimate of drug-likeness (QED) is 0.806. The molecule has 0 unspecified atom stereocenters. The summed E-state index contributed by atoms with van der Waals surface area (Å²) in [4.78, 5) is 18.5. The maximum absolute atomic E-state index is 12.5. The van der Waals surface area contributed by atoms with Gasteiger partial charge < -0.3 is 4.90 Å². The summed E-state index contributed by atoms with van der Waals surface area (Å²) < 4.78 is 0.666. The summed E-state index contributed by atoms with van der Waals surface area (Å²) in [5.41, 5.74) is 2.45. The van der Waals surface area contributed by atoms with Crippen molar-refractivity contribution in [1.82, 2.24) is 4.98 Å². The molecule has 0 radical (unpaired) electrons. The minimum absolute atomic E-state index is 0.0851. The minimum atomic E-state index is -0.0851. The number of anilines is 1. The number of halogens is 1. The molecule has 0 aliphatic rings. The van der Waals surface area contributed by atoms with Gasteiger partial charge in [0.2, 0.25) is 0 Å². The van der Waals surface area contributed by atoms with Crippen LogP contribution in [0.15, 0.2) is 47.1 Å². The first kappa shape index (κ1) is 13.7. The molecule has 1 aromatic carbocycles. The van der Waals surface area contributed by atoms with E-state index in [0.29, 0.717) is 16.8 Å². The van der Waals surface area contributed by atoms with Gasteiger partial charge in [-0.05, 0) is 53.5 Å². The van der Waals surface area contributed by atoms with Crippen molar-refractivity contribution in [3.05, 3.63) is 58.3 Å². The Bertz CT molecular complexity index is 598. The smallest absolute Gasteiger partial charge is 0.276 e. The van der Waals surface area contributed by atoms with Crippen LogP contribution in [0, 0.1) is 6.92 Å². The van der Waals surface area contributed by atoms with Gasteiger partial charge in [-0.2, -0.15) is 0 Å². The Morgan fingerprint density at radius 3 is 2.58 bits per heavy atom. The van der Waals surface area contributed by atoms with Crippen molar-refractivity contribution in [2.24, 2.45) is 0 Å². The van der Waals surface area contributed by atoms with Crippen LogP contribution < -0.4 is 4.90 Å². The SMILES string of the molecule is CCN(C(=O)c1cccc(Br)n1)c1ccccc1C. The molecule has 19 heavy (non-hydrogen) atoms. The lowest BCUT2D eigenvalue weighted by Crippen LogP contribution is -2.31. The molecule has 0 saturated carbocycles. The van der Waals surface area contributed by atoms with Crippen molar-refractivity contribution >= 4 is 27.5 Å². The van der Waals surface area contributed by atoms with Crippen molar-refractivity contribution in [3.8, 4) is 0 Å². The Kier molecular flexibility index (Phi) is 4.32. The molecule has 0 bridgehead atoms. The topological polar surface area (TPSA) is 33.2 Å². The zero-order valence-corrected chi connectivity index (χ0v) is 12.5. The van der Waals surface area contributed by atoms with Crippen molar-refractivity contribution in [2.45, 2.75) is 13.8 Å². The lowest BCUT2D eigenvalue weighted by molar-refractivity contribution is 0.0983. The maximum atomic E-state index is 12.5. The summed E-state index contributed by atoms with van der Waals surface area (Å²) in [5, 5.41) is 0. The van der Waals surface area contributed by atoms with Gasteiger partial charge in [-0.15, -0.1) is 0 Å². The number of aryl methyl sites for hydroxylation is 1. The lowest BCUT2D eigenvalue weighted by atomic mass is 10.1. The largest absolute Gasteiger partial charge is 0.307 e. The lowest BCUT2D eigenvalue weighted by Gasteiger charge is -2.22. The first-order valence-electron chi connectivity index (χ1n) is 6.13. The standard InChI is InChI=1S/C15H15BrN2O/c1-3-18(13-9-5-4-7-11(13)2)15(19)12-8-6-10-14(16)17-12/h4-10H,3H2,1-2H3. The number of rotatable bonds is 3. The highest BCUT2D eigenvalue weighted by atomic mass is 79.9. The van der Waals surface area contributed by atoms with Gasteiger partial charge >= 0.3 is 0 Å². The van der Waals surface area contributed by atoms with Crippen LogP contribution in [-0.2, 0) is 0 Å². The first-order chi connectivity index (χ1) is 9.13. The van der Waals surface area contributed by atoms with E-state index in [0.717, 1.165) is 11.3 Å². The highest BCUT2D eigenvalue weighted by molar-refractivity contribution is 9.10. The number of pyridine rings is 1. The molecule has 0 aliphatic heterocycles. The number of benzene rings is 1. The third-order valence-corrected chi connectivity index (χ3v) is 3.34. The Labute approximate surface area is 121 Å². The van der Waals surface area contributed by atoms with E-state index in [1.54, 1.807) is 17.0 Å². The van der Waals surface area contributed by atoms with E-state index < -0.39 is 0 Å². The van der Waals surface area contributed by atoms with E-state index in [1.807, 2.05) is 44.2 Å². The van der Waals surface area contributed by atoms with Crippen LogP contribution >= 0.6 is 15.9 Å². The second-order valence-corrected chi connectivity index (χ2v) is 4.99. The summed E-state index contributed by atoms with van der Waals surface area (Å²) in [5.74, 6) is -0.0851. The van der Waals surface area contributed by atoms with Gasteiger partial charge in [-0.25, -0.2) is 4.98 Å². The molecule has 0 N–H and O–H groups in total. The molecule has 2 aromatic rings. The third-order valence-electron chi connectivity index (χ3n) is 2.90. The highest BCUT2D eigenvalue weighted by Gasteiger charge is 2.18. The summed E-state index contributed by atoms with van der Waals surface area (Å²) >= 11 is 3.29. The van der Waals surface area contributed by atoms with E-state index in [9.17, 15) is 4.79 Å². The molecule has 0 atom stereocenters. The normalized spacial score (nSPS) is 10.3. The molecule has 1 amide bonds. The molecular weight excluding hydrogens is 304 g/mol. The van der Waals surface area contributed by atoms with Crippen LogP contribution in [0.2, 0.25) is 0 Å². The average molecular weight is 319 g/mol. The fraction of sp³-hybridized carbons (Fsp3) is 0.200. The Hall–Kier alpha value is -1.68. The van der Waals surface area contributed by atoms with E-state index in [1.165, 1.54) is 0 Å². The van der Waals surface area contributed by atoms with Gasteiger partial charge in [0.1, 0.15) is 10.3 Å². The van der Waals surface area contributed by atoms with Crippen LogP contribution in [0.3, 0.4) is 0 Å². The molecule has 0 saturated heterocycles. The van der Waals surface area contributed by atoms with Crippen molar-refractivity contribution in [2.75, 3.05) is 11.4 Å². The number of hydrogen-bond donors (Lipinski definition) is 0. The minimum Gasteiger partial charge on any atom is -0.307 e. The van der Waals surface area contributed by atoms with Crippen LogP contribution in [-0.4, -0.2) is 17.4 Å². The Balaban J connectivity index is 2.38. The number of aromatic nitrogens is 1. The number of nitrogens with zero attached hydrogens (tertiary/aromatic N) is 2. The molecule has 2 rings (SSSR count).